The summed E-state index contributed by atoms with van der Waals surface area (Å²) >= 11 is 5.70. The van der Waals surface area contributed by atoms with Crippen molar-refractivity contribution in [1.82, 2.24) is 9.97 Å². The maximum atomic E-state index is 5.70. The molecule has 0 spiro atoms. The van der Waals surface area contributed by atoms with E-state index in [-0.39, 0.29) is 0 Å². The third-order valence-corrected chi connectivity index (χ3v) is 2.92. The van der Waals surface area contributed by atoms with Gasteiger partial charge in [-0.25, -0.2) is 9.97 Å². The summed E-state index contributed by atoms with van der Waals surface area (Å²) in [6, 6.07) is 7.97. The Morgan fingerprint density at radius 1 is 1.35 bits per heavy atom. The summed E-state index contributed by atoms with van der Waals surface area (Å²) in [6.45, 7) is 3.02. The highest BCUT2D eigenvalue weighted by molar-refractivity contribution is 6.17. The second kappa shape index (κ2) is 5.82. The maximum absolute atomic E-state index is 5.70. The second-order valence-electron chi connectivity index (χ2n) is 4.22. The summed E-state index contributed by atoms with van der Waals surface area (Å²) in [6.07, 6.45) is 2.85. The van der Waals surface area contributed by atoms with Crippen molar-refractivity contribution < 1.29 is 0 Å². The van der Waals surface area contributed by atoms with E-state index in [0.717, 1.165) is 23.9 Å². The van der Waals surface area contributed by atoms with Crippen LogP contribution in [0.2, 0.25) is 0 Å². The minimum atomic E-state index is 0.530. The zero-order valence-corrected chi connectivity index (χ0v) is 10.6. The molecule has 4 heteroatoms. The molecule has 1 aromatic heterocycles. The van der Waals surface area contributed by atoms with Crippen LogP contribution < -0.4 is 5.32 Å². The van der Waals surface area contributed by atoms with Crippen LogP contribution in [0, 0.1) is 5.92 Å². The number of fused-ring (bicyclic) bond motifs is 1. The van der Waals surface area contributed by atoms with Crippen molar-refractivity contribution in [3.8, 4) is 0 Å². The molecule has 1 atom stereocenters. The van der Waals surface area contributed by atoms with Gasteiger partial charge in [-0.15, -0.1) is 11.6 Å². The van der Waals surface area contributed by atoms with Gasteiger partial charge in [-0.1, -0.05) is 25.1 Å². The number of nitrogens with zero attached hydrogens (tertiary/aromatic N) is 2. The van der Waals surface area contributed by atoms with E-state index in [0.29, 0.717) is 17.7 Å². The molecule has 2 rings (SSSR count). The largest absolute Gasteiger partial charge is 0.354 e. The fourth-order valence-corrected chi connectivity index (χ4v) is 1.98. The number of para-hydroxylation sites is 1. The number of halogens is 1. The van der Waals surface area contributed by atoms with E-state index >= 15 is 0 Å². The Morgan fingerprint density at radius 2 is 2.18 bits per heavy atom. The number of benzene rings is 1. The third-order valence-electron chi connectivity index (χ3n) is 2.70. The molecular formula is C13H16ClN3. The van der Waals surface area contributed by atoms with Crippen molar-refractivity contribution in [2.24, 2.45) is 5.92 Å². The number of hydrogen-bond acceptors (Lipinski definition) is 3. The van der Waals surface area contributed by atoms with Gasteiger partial charge in [0, 0.05) is 24.0 Å². The van der Waals surface area contributed by atoms with Gasteiger partial charge in [-0.05, 0) is 18.4 Å². The van der Waals surface area contributed by atoms with Crippen LogP contribution in [0.1, 0.15) is 13.3 Å². The van der Waals surface area contributed by atoms with Gasteiger partial charge in [0.1, 0.15) is 0 Å². The number of alkyl halides is 1. The molecule has 90 valence electrons. The van der Waals surface area contributed by atoms with Gasteiger partial charge in [0.2, 0.25) is 5.95 Å². The molecule has 0 aliphatic carbocycles. The van der Waals surface area contributed by atoms with E-state index in [2.05, 4.69) is 22.2 Å². The summed E-state index contributed by atoms with van der Waals surface area (Å²) in [5.74, 6) is 1.91. The van der Waals surface area contributed by atoms with Crippen LogP contribution in [-0.2, 0) is 0 Å². The van der Waals surface area contributed by atoms with Crippen molar-refractivity contribution in [2.75, 3.05) is 17.7 Å². The minimum absolute atomic E-state index is 0.530. The SMILES string of the molecule is CC(CCCl)CNc1ncc2ccccc2n1. The van der Waals surface area contributed by atoms with Gasteiger partial charge in [0.15, 0.2) is 0 Å². The molecule has 0 fully saturated rings. The zero-order chi connectivity index (χ0) is 12.1. The maximum Gasteiger partial charge on any atom is 0.223 e. The molecule has 0 saturated carbocycles. The molecule has 0 aliphatic rings. The summed E-state index contributed by atoms with van der Waals surface area (Å²) in [5, 5.41) is 4.30. The fourth-order valence-electron chi connectivity index (χ4n) is 1.61. The van der Waals surface area contributed by atoms with Crippen LogP contribution in [0.4, 0.5) is 5.95 Å². The van der Waals surface area contributed by atoms with Crippen LogP contribution in [-0.4, -0.2) is 22.4 Å². The van der Waals surface area contributed by atoms with E-state index in [1.807, 2.05) is 30.5 Å². The first-order chi connectivity index (χ1) is 8.29. The van der Waals surface area contributed by atoms with E-state index in [9.17, 15) is 0 Å². The van der Waals surface area contributed by atoms with Crippen molar-refractivity contribution >= 4 is 28.5 Å². The van der Waals surface area contributed by atoms with E-state index in [1.165, 1.54) is 0 Å². The lowest BCUT2D eigenvalue weighted by Crippen LogP contribution is -2.13. The monoisotopic (exact) mass is 249 g/mol. The van der Waals surface area contributed by atoms with Gasteiger partial charge < -0.3 is 5.32 Å². The van der Waals surface area contributed by atoms with Crippen molar-refractivity contribution in [3.05, 3.63) is 30.5 Å². The Morgan fingerprint density at radius 3 is 3.00 bits per heavy atom. The van der Waals surface area contributed by atoms with Crippen LogP contribution in [0.15, 0.2) is 30.5 Å². The molecular weight excluding hydrogens is 234 g/mol. The minimum Gasteiger partial charge on any atom is -0.354 e. The molecule has 0 radical (unpaired) electrons. The molecule has 1 aromatic carbocycles. The van der Waals surface area contributed by atoms with E-state index in [1.54, 1.807) is 0 Å². The molecule has 1 N–H and O–H groups in total. The topological polar surface area (TPSA) is 37.8 Å². The smallest absolute Gasteiger partial charge is 0.223 e. The summed E-state index contributed by atoms with van der Waals surface area (Å²) < 4.78 is 0. The lowest BCUT2D eigenvalue weighted by molar-refractivity contribution is 0.595. The summed E-state index contributed by atoms with van der Waals surface area (Å²) in [4.78, 5) is 8.74. The molecule has 0 bridgehead atoms. The number of hydrogen-bond donors (Lipinski definition) is 1. The molecule has 3 nitrogen and oxygen atoms in total. The third kappa shape index (κ3) is 3.30. The van der Waals surface area contributed by atoms with Crippen LogP contribution >= 0.6 is 11.6 Å². The molecule has 2 aromatic rings. The van der Waals surface area contributed by atoms with Crippen LogP contribution in [0.3, 0.4) is 0 Å². The Kier molecular flexibility index (Phi) is 4.15. The van der Waals surface area contributed by atoms with Crippen molar-refractivity contribution in [1.29, 1.82) is 0 Å². The molecule has 17 heavy (non-hydrogen) atoms. The first kappa shape index (κ1) is 12.1. The molecule has 0 aliphatic heterocycles. The lowest BCUT2D eigenvalue weighted by atomic mass is 10.1. The highest BCUT2D eigenvalue weighted by atomic mass is 35.5. The van der Waals surface area contributed by atoms with Crippen molar-refractivity contribution in [3.63, 3.8) is 0 Å². The van der Waals surface area contributed by atoms with Gasteiger partial charge >= 0.3 is 0 Å². The predicted molar refractivity (Wildman–Crippen MR) is 72.5 cm³/mol. The molecule has 0 amide bonds. The Bertz CT molecular complexity index is 487. The molecule has 1 heterocycles. The standard InChI is InChI=1S/C13H16ClN3/c1-10(6-7-14)8-15-13-16-9-11-4-2-3-5-12(11)17-13/h2-5,9-10H,6-8H2,1H3,(H,15,16,17). The van der Waals surface area contributed by atoms with Crippen LogP contribution in [0.5, 0.6) is 0 Å². The van der Waals surface area contributed by atoms with E-state index < -0.39 is 0 Å². The van der Waals surface area contributed by atoms with Gasteiger partial charge in [0.05, 0.1) is 5.52 Å². The van der Waals surface area contributed by atoms with E-state index in [4.69, 9.17) is 11.6 Å². The summed E-state index contributed by atoms with van der Waals surface area (Å²) in [5.41, 5.74) is 0.968. The average Bonchev–Trinajstić information content (AvgIpc) is 2.36. The normalized spacial score (nSPS) is 12.6. The average molecular weight is 250 g/mol. The first-order valence-corrected chi connectivity index (χ1v) is 6.34. The molecule has 1 unspecified atom stereocenters. The van der Waals surface area contributed by atoms with Gasteiger partial charge in [-0.3, -0.25) is 0 Å². The highest BCUT2D eigenvalue weighted by Gasteiger charge is 2.03. The summed E-state index contributed by atoms with van der Waals surface area (Å²) in [7, 11) is 0. The predicted octanol–water partition coefficient (Wildman–Crippen LogP) is 3.31. The number of anilines is 1. The highest BCUT2D eigenvalue weighted by Crippen LogP contribution is 2.12. The van der Waals surface area contributed by atoms with Crippen molar-refractivity contribution in [2.45, 2.75) is 13.3 Å². The Hall–Kier alpha value is -1.35. The zero-order valence-electron chi connectivity index (χ0n) is 9.86. The van der Waals surface area contributed by atoms with Gasteiger partial charge in [-0.2, -0.15) is 0 Å². The Labute approximate surface area is 106 Å². The van der Waals surface area contributed by atoms with Gasteiger partial charge in [0.25, 0.3) is 0 Å². The molecule has 0 saturated heterocycles. The lowest BCUT2D eigenvalue weighted by Gasteiger charge is -2.10. The van der Waals surface area contributed by atoms with Crippen LogP contribution in [0.25, 0.3) is 10.9 Å². The number of rotatable bonds is 5. The number of aromatic nitrogens is 2. The number of nitrogens with one attached hydrogen (secondary N) is 1. The quantitative estimate of drug-likeness (QED) is 0.827. The first-order valence-electron chi connectivity index (χ1n) is 5.81. The fraction of sp³-hybridized carbons (Fsp3) is 0.385. The Balaban J connectivity index is 2.04. The second-order valence-corrected chi connectivity index (χ2v) is 4.59.